The molecule has 7 nitrogen and oxygen atoms in total. The van der Waals surface area contributed by atoms with Crippen LogP contribution in [0.4, 0.5) is 4.79 Å². The lowest BCUT2D eigenvalue weighted by molar-refractivity contribution is -0.139. The van der Waals surface area contributed by atoms with Gasteiger partial charge in [-0.15, -0.1) is 0 Å². The quantitative estimate of drug-likeness (QED) is 0.616. The molecule has 1 amide bonds. The molecular formula is C9H15NO6S. The molecule has 0 saturated carbocycles. The van der Waals surface area contributed by atoms with Crippen LogP contribution < -0.4 is 5.32 Å². The molecule has 0 fully saturated rings. The maximum atomic E-state index is 11.0. The number of alkyl carbamates (subject to hydrolysis) is 1. The maximum Gasteiger partial charge on any atom is 0.408 e. The molecular weight excluding hydrogens is 250 g/mol. The third kappa shape index (κ3) is 8.26. The second-order valence-corrected chi connectivity index (χ2v) is 5.60. The van der Waals surface area contributed by atoms with Crippen molar-refractivity contribution in [3.63, 3.8) is 0 Å². The molecule has 8 heteroatoms. The molecule has 0 aliphatic rings. The van der Waals surface area contributed by atoms with E-state index in [9.17, 15) is 18.0 Å². The fraction of sp³-hybridized carbons (Fsp3) is 0.556. The van der Waals surface area contributed by atoms with E-state index in [1.54, 1.807) is 0 Å². The number of carbonyl (C=O) groups is 2. The summed E-state index contributed by atoms with van der Waals surface area (Å²) >= 11 is 0. The van der Waals surface area contributed by atoms with E-state index in [1.165, 1.54) is 6.08 Å². The van der Waals surface area contributed by atoms with Crippen LogP contribution in [-0.2, 0) is 19.4 Å². The number of carboxylic acid groups (broad SMARTS) is 1. The average molecular weight is 265 g/mol. The Balaban J connectivity index is 4.30. The third-order valence-corrected chi connectivity index (χ3v) is 2.68. The second-order valence-electron chi connectivity index (χ2n) is 3.34. The summed E-state index contributed by atoms with van der Waals surface area (Å²) in [5, 5.41) is 10.8. The van der Waals surface area contributed by atoms with E-state index in [0.717, 1.165) is 6.26 Å². The van der Waals surface area contributed by atoms with Gasteiger partial charge in [0.25, 0.3) is 0 Å². The minimum absolute atomic E-state index is 0.0513. The lowest BCUT2D eigenvalue weighted by Gasteiger charge is -2.13. The van der Waals surface area contributed by atoms with Crippen LogP contribution in [0.1, 0.15) is 6.42 Å². The normalized spacial score (nSPS) is 12.5. The lowest BCUT2D eigenvalue weighted by Crippen LogP contribution is -2.42. The van der Waals surface area contributed by atoms with Gasteiger partial charge >= 0.3 is 12.1 Å². The van der Waals surface area contributed by atoms with Crippen LogP contribution in [0, 0.1) is 0 Å². The number of carbonyl (C=O) groups excluding carboxylic acids is 1. The van der Waals surface area contributed by atoms with Gasteiger partial charge in [0, 0.05) is 6.26 Å². The van der Waals surface area contributed by atoms with Gasteiger partial charge in [0.1, 0.15) is 22.5 Å². The SMILES string of the molecule is C=CCOC(=O)N[C@@H](CCS(C)(=O)=O)C(=O)O. The summed E-state index contributed by atoms with van der Waals surface area (Å²) < 4.78 is 26.3. The molecule has 0 heterocycles. The molecule has 0 saturated heterocycles. The molecule has 0 radical (unpaired) electrons. The van der Waals surface area contributed by atoms with Crippen LogP contribution in [0.25, 0.3) is 0 Å². The standard InChI is InChI=1S/C9H15NO6S/c1-3-5-16-9(13)10-7(8(11)12)4-6-17(2,14)15/h3,7H,1,4-6H2,2H3,(H,10,13)(H,11,12)/t7-/m0/s1. The highest BCUT2D eigenvalue weighted by molar-refractivity contribution is 7.90. The molecule has 98 valence electrons. The molecule has 0 spiro atoms. The van der Waals surface area contributed by atoms with E-state index in [2.05, 4.69) is 16.6 Å². The number of hydrogen-bond donors (Lipinski definition) is 2. The maximum absolute atomic E-state index is 11.0. The number of nitrogens with one attached hydrogen (secondary N) is 1. The Morgan fingerprint density at radius 3 is 2.53 bits per heavy atom. The highest BCUT2D eigenvalue weighted by Crippen LogP contribution is 1.98. The summed E-state index contributed by atoms with van der Waals surface area (Å²) in [6, 6.07) is -1.29. The summed E-state index contributed by atoms with van der Waals surface area (Å²) in [7, 11) is -3.28. The van der Waals surface area contributed by atoms with E-state index in [-0.39, 0.29) is 18.8 Å². The van der Waals surface area contributed by atoms with Crippen molar-refractivity contribution in [1.82, 2.24) is 5.32 Å². The van der Waals surface area contributed by atoms with E-state index in [0.29, 0.717) is 0 Å². The number of aliphatic carboxylic acids is 1. The number of rotatable bonds is 7. The lowest BCUT2D eigenvalue weighted by atomic mass is 10.2. The number of carboxylic acids is 1. The van der Waals surface area contributed by atoms with Crippen molar-refractivity contribution in [3.8, 4) is 0 Å². The van der Waals surface area contributed by atoms with Gasteiger partial charge in [0.05, 0.1) is 5.75 Å². The number of ether oxygens (including phenoxy) is 1. The van der Waals surface area contributed by atoms with Crippen molar-refractivity contribution < 1.29 is 27.9 Å². The largest absolute Gasteiger partial charge is 0.480 e. The van der Waals surface area contributed by atoms with Gasteiger partial charge in [-0.1, -0.05) is 12.7 Å². The minimum atomic E-state index is -3.28. The van der Waals surface area contributed by atoms with Gasteiger partial charge in [-0.05, 0) is 6.42 Å². The molecule has 0 aromatic carbocycles. The fourth-order valence-electron chi connectivity index (χ4n) is 0.908. The van der Waals surface area contributed by atoms with Gasteiger partial charge in [-0.3, -0.25) is 0 Å². The van der Waals surface area contributed by atoms with E-state index in [4.69, 9.17) is 5.11 Å². The molecule has 0 aliphatic heterocycles. The first-order valence-corrected chi connectivity index (χ1v) is 6.77. The Bertz CT molecular complexity index is 388. The van der Waals surface area contributed by atoms with Crippen LogP contribution in [-0.4, -0.2) is 50.2 Å². The Morgan fingerprint density at radius 2 is 2.12 bits per heavy atom. The minimum Gasteiger partial charge on any atom is -0.480 e. The summed E-state index contributed by atoms with van der Waals surface area (Å²) in [6.45, 7) is 3.26. The predicted molar refractivity (Wildman–Crippen MR) is 60.4 cm³/mol. The van der Waals surface area contributed by atoms with E-state index >= 15 is 0 Å². The number of amides is 1. The van der Waals surface area contributed by atoms with Gasteiger partial charge in [-0.25, -0.2) is 18.0 Å². The molecule has 17 heavy (non-hydrogen) atoms. The summed E-state index contributed by atoms with van der Waals surface area (Å²) in [5.74, 6) is -1.64. The molecule has 0 bridgehead atoms. The highest BCUT2D eigenvalue weighted by atomic mass is 32.2. The first kappa shape index (κ1) is 15.4. The molecule has 0 unspecified atom stereocenters. The number of sulfone groups is 1. The van der Waals surface area contributed by atoms with Crippen LogP contribution >= 0.6 is 0 Å². The monoisotopic (exact) mass is 265 g/mol. The smallest absolute Gasteiger partial charge is 0.408 e. The Morgan fingerprint density at radius 1 is 1.53 bits per heavy atom. The Hall–Kier alpha value is -1.57. The van der Waals surface area contributed by atoms with Crippen molar-refractivity contribution in [1.29, 1.82) is 0 Å². The topological polar surface area (TPSA) is 110 Å². The van der Waals surface area contributed by atoms with Crippen molar-refractivity contribution in [2.75, 3.05) is 18.6 Å². The van der Waals surface area contributed by atoms with Crippen LogP contribution in [0.5, 0.6) is 0 Å². The zero-order valence-corrected chi connectivity index (χ0v) is 10.2. The van der Waals surface area contributed by atoms with Gasteiger partial charge in [0.15, 0.2) is 0 Å². The zero-order valence-electron chi connectivity index (χ0n) is 9.38. The molecule has 0 aromatic rings. The first-order chi connectivity index (χ1) is 7.76. The first-order valence-electron chi connectivity index (χ1n) is 4.71. The third-order valence-electron chi connectivity index (χ3n) is 1.70. The average Bonchev–Trinajstić information content (AvgIpc) is 2.19. The van der Waals surface area contributed by atoms with Crippen molar-refractivity contribution in [3.05, 3.63) is 12.7 Å². The zero-order chi connectivity index (χ0) is 13.5. The van der Waals surface area contributed by atoms with Crippen LogP contribution in [0.15, 0.2) is 12.7 Å². The van der Waals surface area contributed by atoms with E-state index < -0.39 is 27.9 Å². The summed E-state index contributed by atoms with van der Waals surface area (Å²) in [4.78, 5) is 21.8. The fourth-order valence-corrected chi connectivity index (χ4v) is 1.57. The van der Waals surface area contributed by atoms with Gasteiger partial charge in [0.2, 0.25) is 0 Å². The molecule has 2 N–H and O–H groups in total. The molecule has 0 aliphatic carbocycles. The van der Waals surface area contributed by atoms with Crippen molar-refractivity contribution in [2.24, 2.45) is 0 Å². The summed E-state index contributed by atoms with van der Waals surface area (Å²) in [5.41, 5.74) is 0. The van der Waals surface area contributed by atoms with Crippen LogP contribution in [0.3, 0.4) is 0 Å². The van der Waals surface area contributed by atoms with Crippen LogP contribution in [0.2, 0.25) is 0 Å². The highest BCUT2D eigenvalue weighted by Gasteiger charge is 2.22. The Labute approximate surface area is 99.4 Å². The molecule has 0 aromatic heterocycles. The summed E-state index contributed by atoms with van der Waals surface area (Å²) in [6.07, 6.45) is 1.18. The van der Waals surface area contributed by atoms with Gasteiger partial charge < -0.3 is 15.2 Å². The Kier molecular flexibility index (Phi) is 6.26. The second kappa shape index (κ2) is 6.89. The van der Waals surface area contributed by atoms with Crippen molar-refractivity contribution >= 4 is 21.9 Å². The predicted octanol–water partition coefficient (Wildman–Crippen LogP) is -0.213. The van der Waals surface area contributed by atoms with Gasteiger partial charge in [-0.2, -0.15) is 0 Å². The van der Waals surface area contributed by atoms with Crippen molar-refractivity contribution in [2.45, 2.75) is 12.5 Å². The number of hydrogen-bond acceptors (Lipinski definition) is 5. The molecule has 1 atom stereocenters. The molecule has 0 rings (SSSR count). The van der Waals surface area contributed by atoms with E-state index in [1.807, 2.05) is 0 Å².